The second-order valence-corrected chi connectivity index (χ2v) is 6.70. The van der Waals surface area contributed by atoms with Gasteiger partial charge in [-0.15, -0.1) is 0 Å². The Bertz CT molecular complexity index is 714. The molecule has 0 spiro atoms. The number of halogens is 1. The molecular formula is C14H12ClNO3S. The highest BCUT2D eigenvalue weighted by Gasteiger charge is 2.13. The van der Waals surface area contributed by atoms with E-state index in [-0.39, 0.29) is 16.4 Å². The van der Waals surface area contributed by atoms with Crippen molar-refractivity contribution < 1.29 is 13.2 Å². The van der Waals surface area contributed by atoms with Gasteiger partial charge in [-0.2, -0.15) is 0 Å². The first-order valence-electron chi connectivity index (χ1n) is 5.84. The van der Waals surface area contributed by atoms with Crippen LogP contribution in [0.25, 0.3) is 0 Å². The van der Waals surface area contributed by atoms with Crippen molar-refractivity contribution in [3.63, 3.8) is 0 Å². The smallest absolute Gasteiger partial charge is 0.261 e. The maximum absolute atomic E-state index is 11.9. The van der Waals surface area contributed by atoms with Crippen LogP contribution in [0.3, 0.4) is 0 Å². The molecule has 2 aromatic carbocycles. The van der Waals surface area contributed by atoms with Crippen LogP contribution in [0.4, 0.5) is 0 Å². The molecule has 1 amide bonds. The van der Waals surface area contributed by atoms with Crippen molar-refractivity contribution in [1.29, 1.82) is 0 Å². The summed E-state index contributed by atoms with van der Waals surface area (Å²) in [6.45, 7) is 0.373. The Hall–Kier alpha value is -1.85. The van der Waals surface area contributed by atoms with Gasteiger partial charge in [0.05, 0.1) is 4.90 Å². The van der Waals surface area contributed by atoms with Crippen molar-refractivity contribution in [1.82, 2.24) is 5.32 Å². The number of hydrogen-bond donors (Lipinski definition) is 1. The molecule has 20 heavy (non-hydrogen) atoms. The van der Waals surface area contributed by atoms with Crippen LogP contribution in [-0.2, 0) is 15.6 Å². The van der Waals surface area contributed by atoms with Crippen molar-refractivity contribution in [3.05, 3.63) is 65.7 Å². The van der Waals surface area contributed by atoms with Gasteiger partial charge in [-0.1, -0.05) is 36.4 Å². The summed E-state index contributed by atoms with van der Waals surface area (Å²) in [5, 5.41) is 2.72. The van der Waals surface area contributed by atoms with Crippen LogP contribution in [0, 0.1) is 0 Å². The molecule has 0 aliphatic rings. The first-order chi connectivity index (χ1) is 9.47. The molecule has 1 N–H and O–H groups in total. The van der Waals surface area contributed by atoms with Gasteiger partial charge < -0.3 is 5.32 Å². The highest BCUT2D eigenvalue weighted by molar-refractivity contribution is 8.13. The molecule has 6 heteroatoms. The van der Waals surface area contributed by atoms with Gasteiger partial charge in [0, 0.05) is 22.8 Å². The van der Waals surface area contributed by atoms with E-state index in [0.29, 0.717) is 6.54 Å². The maximum Gasteiger partial charge on any atom is 0.261 e. The predicted molar refractivity (Wildman–Crippen MR) is 77.1 cm³/mol. The first-order valence-corrected chi connectivity index (χ1v) is 8.14. The maximum atomic E-state index is 11.9. The monoisotopic (exact) mass is 309 g/mol. The molecule has 0 aromatic heterocycles. The first kappa shape index (κ1) is 14.6. The molecule has 4 nitrogen and oxygen atoms in total. The lowest BCUT2D eigenvalue weighted by Crippen LogP contribution is -2.22. The molecule has 0 aliphatic carbocycles. The summed E-state index contributed by atoms with van der Waals surface area (Å²) < 4.78 is 22.4. The number of carbonyl (C=O) groups is 1. The minimum absolute atomic E-state index is 0.0912. The molecule has 0 fully saturated rings. The minimum atomic E-state index is -3.83. The summed E-state index contributed by atoms with van der Waals surface area (Å²) in [4.78, 5) is 11.9. The zero-order valence-electron chi connectivity index (χ0n) is 10.4. The Morgan fingerprint density at radius 2 is 1.75 bits per heavy atom. The molecule has 104 valence electrons. The summed E-state index contributed by atoms with van der Waals surface area (Å²) in [6, 6.07) is 15.0. The second-order valence-electron chi connectivity index (χ2n) is 4.13. The normalized spacial score (nSPS) is 11.1. The third-order valence-electron chi connectivity index (χ3n) is 2.67. The molecule has 0 unspecified atom stereocenters. The molecule has 0 atom stereocenters. The number of nitrogens with one attached hydrogen (secondary N) is 1. The molecule has 0 radical (unpaired) electrons. The van der Waals surface area contributed by atoms with Gasteiger partial charge in [-0.25, -0.2) is 8.42 Å². The quantitative estimate of drug-likeness (QED) is 0.883. The second kappa shape index (κ2) is 6.07. The van der Waals surface area contributed by atoms with E-state index in [4.69, 9.17) is 10.7 Å². The van der Waals surface area contributed by atoms with E-state index in [1.54, 1.807) is 0 Å². The molecule has 2 aromatic rings. The van der Waals surface area contributed by atoms with Crippen LogP contribution < -0.4 is 5.32 Å². The number of hydrogen-bond acceptors (Lipinski definition) is 3. The van der Waals surface area contributed by atoms with E-state index >= 15 is 0 Å². The van der Waals surface area contributed by atoms with E-state index in [1.165, 1.54) is 24.3 Å². The molecule has 2 rings (SSSR count). The lowest BCUT2D eigenvalue weighted by Gasteiger charge is -2.06. The SMILES string of the molecule is O=C(NCc1ccccc1)c1cccc(S(=O)(=O)Cl)c1. The van der Waals surface area contributed by atoms with Crippen LogP contribution in [0.5, 0.6) is 0 Å². The van der Waals surface area contributed by atoms with Crippen molar-refractivity contribution in [2.75, 3.05) is 0 Å². The van der Waals surface area contributed by atoms with Gasteiger partial charge in [0.15, 0.2) is 0 Å². The fraction of sp³-hybridized carbons (Fsp3) is 0.0714. The third kappa shape index (κ3) is 3.82. The average molecular weight is 310 g/mol. The minimum Gasteiger partial charge on any atom is -0.348 e. The van der Waals surface area contributed by atoms with Gasteiger partial charge in [-0.05, 0) is 23.8 Å². The van der Waals surface area contributed by atoms with Crippen molar-refractivity contribution in [2.24, 2.45) is 0 Å². The highest BCUT2D eigenvalue weighted by Crippen LogP contribution is 2.16. The van der Waals surface area contributed by atoms with Crippen molar-refractivity contribution in [3.8, 4) is 0 Å². The summed E-state index contributed by atoms with van der Waals surface area (Å²) in [6.07, 6.45) is 0. The fourth-order valence-electron chi connectivity index (χ4n) is 1.67. The van der Waals surface area contributed by atoms with Gasteiger partial charge in [0.1, 0.15) is 0 Å². The van der Waals surface area contributed by atoms with E-state index in [0.717, 1.165) is 5.56 Å². The Balaban J connectivity index is 2.10. The zero-order chi connectivity index (χ0) is 14.6. The topological polar surface area (TPSA) is 63.2 Å². The van der Waals surface area contributed by atoms with E-state index in [2.05, 4.69) is 5.32 Å². The summed E-state index contributed by atoms with van der Waals surface area (Å²) >= 11 is 0. The molecule has 0 heterocycles. The van der Waals surface area contributed by atoms with Gasteiger partial charge in [0.25, 0.3) is 15.0 Å². The average Bonchev–Trinajstić information content (AvgIpc) is 2.45. The Labute approximate surface area is 121 Å². The Morgan fingerprint density at radius 1 is 1.05 bits per heavy atom. The molecule has 0 saturated carbocycles. The molecule has 0 saturated heterocycles. The Kier molecular flexibility index (Phi) is 4.42. The summed E-state index contributed by atoms with van der Waals surface area (Å²) in [5.41, 5.74) is 1.21. The van der Waals surface area contributed by atoms with Crippen LogP contribution in [0.2, 0.25) is 0 Å². The largest absolute Gasteiger partial charge is 0.348 e. The molecule has 0 bridgehead atoms. The number of amides is 1. The number of rotatable bonds is 4. The number of benzene rings is 2. The van der Waals surface area contributed by atoms with E-state index < -0.39 is 9.05 Å². The Morgan fingerprint density at radius 3 is 2.40 bits per heavy atom. The fourth-order valence-corrected chi connectivity index (χ4v) is 2.47. The number of carbonyl (C=O) groups excluding carboxylic acids is 1. The summed E-state index contributed by atoms with van der Waals surface area (Å²) in [5.74, 6) is -0.351. The zero-order valence-corrected chi connectivity index (χ0v) is 12.0. The van der Waals surface area contributed by atoms with Crippen LogP contribution in [0.1, 0.15) is 15.9 Å². The predicted octanol–water partition coefficient (Wildman–Crippen LogP) is 2.54. The van der Waals surface area contributed by atoms with E-state index in [9.17, 15) is 13.2 Å². The molecule has 0 aliphatic heterocycles. The van der Waals surface area contributed by atoms with E-state index in [1.807, 2.05) is 30.3 Å². The lowest BCUT2D eigenvalue weighted by atomic mass is 10.2. The van der Waals surface area contributed by atoms with Gasteiger partial charge in [0.2, 0.25) is 0 Å². The van der Waals surface area contributed by atoms with Crippen molar-refractivity contribution in [2.45, 2.75) is 11.4 Å². The van der Waals surface area contributed by atoms with Crippen LogP contribution in [-0.4, -0.2) is 14.3 Å². The summed E-state index contributed by atoms with van der Waals surface area (Å²) in [7, 11) is 1.41. The van der Waals surface area contributed by atoms with Crippen molar-refractivity contribution >= 4 is 25.6 Å². The standard InChI is InChI=1S/C14H12ClNO3S/c15-20(18,19)13-8-4-7-12(9-13)14(17)16-10-11-5-2-1-3-6-11/h1-9H,10H2,(H,16,17). The van der Waals surface area contributed by atoms with Crippen LogP contribution >= 0.6 is 10.7 Å². The lowest BCUT2D eigenvalue weighted by molar-refractivity contribution is 0.0950. The van der Waals surface area contributed by atoms with Gasteiger partial charge >= 0.3 is 0 Å². The third-order valence-corrected chi connectivity index (χ3v) is 4.03. The van der Waals surface area contributed by atoms with Gasteiger partial charge in [-0.3, -0.25) is 4.79 Å². The van der Waals surface area contributed by atoms with Crippen LogP contribution in [0.15, 0.2) is 59.5 Å². The highest BCUT2D eigenvalue weighted by atomic mass is 35.7. The molecular weight excluding hydrogens is 298 g/mol.